The van der Waals surface area contributed by atoms with Crippen molar-refractivity contribution in [2.45, 2.75) is 57.5 Å². The Bertz CT molecular complexity index is 675. The average molecular weight is 362 g/mol. The number of carbonyl (C=O) groups is 2. The molecule has 1 aromatic rings. The Kier molecular flexibility index (Phi) is 6.44. The highest BCUT2D eigenvalue weighted by Gasteiger charge is 2.36. The van der Waals surface area contributed by atoms with Crippen molar-refractivity contribution in [3.8, 4) is 6.07 Å². The normalized spacial score (nSPS) is 17.4. The Hall–Kier alpha value is -2.06. The van der Waals surface area contributed by atoms with Crippen LogP contribution in [0.5, 0.6) is 0 Å². The number of carbonyl (C=O) groups excluding carboxylic acids is 2. The monoisotopic (exact) mass is 361 g/mol. The molecule has 1 saturated carbocycles. The summed E-state index contributed by atoms with van der Waals surface area (Å²) in [4.78, 5) is 25.2. The van der Waals surface area contributed by atoms with E-state index in [9.17, 15) is 14.9 Å². The van der Waals surface area contributed by atoms with Crippen LogP contribution in [0.3, 0.4) is 0 Å². The van der Waals surface area contributed by atoms with Crippen LogP contribution in [0.2, 0.25) is 5.02 Å². The second kappa shape index (κ2) is 8.35. The summed E-state index contributed by atoms with van der Waals surface area (Å²) in [6, 6.07) is 8.25. The van der Waals surface area contributed by atoms with Gasteiger partial charge in [-0.1, -0.05) is 56.8 Å². The zero-order chi connectivity index (χ0) is 18.4. The van der Waals surface area contributed by atoms with Crippen LogP contribution >= 0.6 is 11.6 Å². The van der Waals surface area contributed by atoms with Crippen LogP contribution in [0.15, 0.2) is 24.3 Å². The summed E-state index contributed by atoms with van der Waals surface area (Å²) in [7, 11) is 0. The van der Waals surface area contributed by atoms with Crippen LogP contribution in [0.4, 0.5) is 0 Å². The fraction of sp³-hybridized carbons (Fsp3) is 0.526. The Morgan fingerprint density at radius 2 is 1.84 bits per heavy atom. The molecule has 5 nitrogen and oxygen atoms in total. The molecule has 0 spiro atoms. The van der Waals surface area contributed by atoms with Gasteiger partial charge in [-0.3, -0.25) is 9.59 Å². The fourth-order valence-corrected chi connectivity index (χ4v) is 3.35. The lowest BCUT2D eigenvalue weighted by Crippen LogP contribution is -2.57. The first kappa shape index (κ1) is 19.3. The van der Waals surface area contributed by atoms with Gasteiger partial charge in [0.2, 0.25) is 5.91 Å². The molecular formula is C19H24ClN3O2. The van der Waals surface area contributed by atoms with E-state index in [2.05, 4.69) is 16.7 Å². The maximum absolute atomic E-state index is 12.8. The lowest BCUT2D eigenvalue weighted by Gasteiger charge is -2.34. The van der Waals surface area contributed by atoms with Gasteiger partial charge in [-0.25, -0.2) is 0 Å². The van der Waals surface area contributed by atoms with Gasteiger partial charge in [0.1, 0.15) is 11.6 Å². The van der Waals surface area contributed by atoms with Crippen molar-refractivity contribution < 1.29 is 9.59 Å². The molecule has 1 aliphatic carbocycles. The molecule has 6 heteroatoms. The standard InChI is InChI=1S/C19H24ClN3O2/c1-13(2)16(22-17(24)14-8-4-5-9-15(14)20)18(25)23-19(12-21)10-6-3-7-11-19/h4-5,8-9,13,16H,3,6-7,10-11H2,1-2H3,(H,22,24)(H,23,25). The predicted octanol–water partition coefficient (Wildman–Crippen LogP) is 3.44. The molecule has 2 N–H and O–H groups in total. The van der Waals surface area contributed by atoms with Gasteiger partial charge in [0.05, 0.1) is 16.7 Å². The molecule has 1 aliphatic rings. The molecule has 2 amide bonds. The molecule has 2 rings (SSSR count). The molecule has 1 atom stereocenters. The van der Waals surface area contributed by atoms with E-state index in [1.54, 1.807) is 24.3 Å². The third kappa shape index (κ3) is 4.73. The quantitative estimate of drug-likeness (QED) is 0.842. The summed E-state index contributed by atoms with van der Waals surface area (Å²) in [5.41, 5.74) is -0.493. The van der Waals surface area contributed by atoms with Gasteiger partial charge in [-0.15, -0.1) is 0 Å². The van der Waals surface area contributed by atoms with Crippen LogP contribution in [-0.2, 0) is 4.79 Å². The molecule has 0 saturated heterocycles. The van der Waals surface area contributed by atoms with Gasteiger partial charge in [-0.2, -0.15) is 5.26 Å². The number of nitrogens with one attached hydrogen (secondary N) is 2. The lowest BCUT2D eigenvalue weighted by molar-refractivity contribution is -0.125. The van der Waals surface area contributed by atoms with E-state index in [1.165, 1.54) is 0 Å². The summed E-state index contributed by atoms with van der Waals surface area (Å²) in [5, 5.41) is 15.5. The zero-order valence-corrected chi connectivity index (χ0v) is 15.4. The third-order valence-electron chi connectivity index (χ3n) is 4.64. The van der Waals surface area contributed by atoms with Crippen LogP contribution in [0.25, 0.3) is 0 Å². The van der Waals surface area contributed by atoms with E-state index in [1.807, 2.05) is 13.8 Å². The van der Waals surface area contributed by atoms with E-state index in [4.69, 9.17) is 11.6 Å². The number of nitrogens with zero attached hydrogens (tertiary/aromatic N) is 1. The van der Waals surface area contributed by atoms with Gasteiger partial charge in [0.25, 0.3) is 5.91 Å². The number of amides is 2. The highest BCUT2D eigenvalue weighted by atomic mass is 35.5. The summed E-state index contributed by atoms with van der Waals surface area (Å²) >= 11 is 6.06. The summed E-state index contributed by atoms with van der Waals surface area (Å²) in [5.74, 6) is -0.835. The minimum atomic E-state index is -0.822. The molecule has 0 radical (unpaired) electrons. The number of nitriles is 1. The molecule has 1 aromatic carbocycles. The van der Waals surface area contributed by atoms with Gasteiger partial charge in [0, 0.05) is 0 Å². The topological polar surface area (TPSA) is 82.0 Å². The largest absolute Gasteiger partial charge is 0.340 e. The number of halogens is 1. The van der Waals surface area contributed by atoms with Crippen LogP contribution in [-0.4, -0.2) is 23.4 Å². The molecule has 1 unspecified atom stereocenters. The predicted molar refractivity (Wildman–Crippen MR) is 97.1 cm³/mol. The van der Waals surface area contributed by atoms with Crippen molar-refractivity contribution in [1.29, 1.82) is 5.26 Å². The van der Waals surface area contributed by atoms with Gasteiger partial charge in [0.15, 0.2) is 0 Å². The van der Waals surface area contributed by atoms with Crippen molar-refractivity contribution in [2.24, 2.45) is 5.92 Å². The third-order valence-corrected chi connectivity index (χ3v) is 4.97. The highest BCUT2D eigenvalue weighted by Crippen LogP contribution is 2.28. The minimum absolute atomic E-state index is 0.120. The zero-order valence-electron chi connectivity index (χ0n) is 14.6. The fourth-order valence-electron chi connectivity index (χ4n) is 3.13. The van der Waals surface area contributed by atoms with E-state index in [0.29, 0.717) is 23.4 Å². The Morgan fingerprint density at radius 1 is 1.20 bits per heavy atom. The smallest absolute Gasteiger partial charge is 0.253 e. The van der Waals surface area contributed by atoms with Crippen molar-refractivity contribution in [3.05, 3.63) is 34.9 Å². The van der Waals surface area contributed by atoms with Gasteiger partial charge >= 0.3 is 0 Å². The second-order valence-corrected chi connectivity index (χ2v) is 7.33. The summed E-state index contributed by atoms with van der Waals surface area (Å²) < 4.78 is 0. The average Bonchev–Trinajstić information content (AvgIpc) is 2.60. The summed E-state index contributed by atoms with van der Waals surface area (Å²) in [6.07, 6.45) is 4.23. The maximum Gasteiger partial charge on any atom is 0.253 e. The minimum Gasteiger partial charge on any atom is -0.340 e. The van der Waals surface area contributed by atoms with Crippen LogP contribution in [0.1, 0.15) is 56.3 Å². The lowest BCUT2D eigenvalue weighted by atomic mass is 9.82. The molecule has 0 bridgehead atoms. The van der Waals surface area contributed by atoms with E-state index < -0.39 is 17.5 Å². The van der Waals surface area contributed by atoms with Gasteiger partial charge in [-0.05, 0) is 30.9 Å². The van der Waals surface area contributed by atoms with E-state index in [0.717, 1.165) is 19.3 Å². The van der Waals surface area contributed by atoms with Crippen LogP contribution in [0, 0.1) is 17.2 Å². The Morgan fingerprint density at radius 3 is 2.40 bits per heavy atom. The molecule has 134 valence electrons. The Balaban J connectivity index is 2.12. The molecule has 0 heterocycles. The Labute approximate surface area is 153 Å². The number of hydrogen-bond acceptors (Lipinski definition) is 3. The molecular weight excluding hydrogens is 338 g/mol. The number of rotatable bonds is 5. The SMILES string of the molecule is CC(C)C(NC(=O)c1ccccc1Cl)C(=O)NC1(C#N)CCCCC1. The number of benzene rings is 1. The summed E-state index contributed by atoms with van der Waals surface area (Å²) in [6.45, 7) is 3.72. The molecule has 1 fully saturated rings. The molecule has 0 aromatic heterocycles. The first-order valence-corrected chi connectivity index (χ1v) is 9.05. The first-order chi connectivity index (χ1) is 11.9. The molecule has 25 heavy (non-hydrogen) atoms. The van der Waals surface area contributed by atoms with E-state index in [-0.39, 0.29) is 11.8 Å². The van der Waals surface area contributed by atoms with Crippen molar-refractivity contribution in [1.82, 2.24) is 10.6 Å². The van der Waals surface area contributed by atoms with Gasteiger partial charge < -0.3 is 10.6 Å². The van der Waals surface area contributed by atoms with Crippen LogP contribution < -0.4 is 10.6 Å². The first-order valence-electron chi connectivity index (χ1n) is 8.67. The van der Waals surface area contributed by atoms with E-state index >= 15 is 0 Å². The second-order valence-electron chi connectivity index (χ2n) is 6.92. The van der Waals surface area contributed by atoms with Crippen molar-refractivity contribution >= 4 is 23.4 Å². The maximum atomic E-state index is 12.8. The highest BCUT2D eigenvalue weighted by molar-refractivity contribution is 6.33. The number of hydrogen-bond donors (Lipinski definition) is 2. The van der Waals surface area contributed by atoms with Crippen molar-refractivity contribution in [2.75, 3.05) is 0 Å². The molecule has 0 aliphatic heterocycles. The van der Waals surface area contributed by atoms with Crippen molar-refractivity contribution in [3.63, 3.8) is 0 Å².